The summed E-state index contributed by atoms with van der Waals surface area (Å²) in [4.78, 5) is 0. The molecule has 4 unspecified atom stereocenters. The minimum atomic E-state index is -2.08. The maximum atomic E-state index is 7.59. The van der Waals surface area contributed by atoms with Crippen LogP contribution in [0.1, 0.15) is 112 Å². The lowest BCUT2D eigenvalue weighted by molar-refractivity contribution is -0.532. The van der Waals surface area contributed by atoms with E-state index in [0.29, 0.717) is 36.2 Å². The van der Waals surface area contributed by atoms with Gasteiger partial charge in [-0.3, -0.25) is 0 Å². The van der Waals surface area contributed by atoms with Crippen LogP contribution in [0.4, 0.5) is 0 Å². The fourth-order valence-corrected chi connectivity index (χ4v) is 7.29. The van der Waals surface area contributed by atoms with Crippen molar-refractivity contribution in [3.63, 3.8) is 0 Å². The molecule has 4 atom stereocenters. The van der Waals surface area contributed by atoms with Gasteiger partial charge < -0.3 is 37.9 Å². The van der Waals surface area contributed by atoms with Crippen LogP contribution in [0.5, 0.6) is 23.0 Å². The lowest BCUT2D eigenvalue weighted by atomic mass is 9.75. The van der Waals surface area contributed by atoms with E-state index in [0.717, 1.165) is 57.8 Å². The largest absolute Gasteiger partial charge is 0.455 e. The van der Waals surface area contributed by atoms with E-state index in [1.807, 2.05) is 142 Å². The van der Waals surface area contributed by atoms with Gasteiger partial charge in [-0.1, -0.05) is 132 Å². The molecule has 8 nitrogen and oxygen atoms in total. The van der Waals surface area contributed by atoms with E-state index >= 15 is 0 Å². The fraction of sp³-hybridized carbons (Fsp3) is 0.510. The molecule has 4 aromatic carbocycles. The van der Waals surface area contributed by atoms with Crippen molar-refractivity contribution in [2.24, 2.45) is 0 Å². The van der Waals surface area contributed by atoms with Crippen molar-refractivity contribution < 1.29 is 37.9 Å². The number of ether oxygens (including phenoxy) is 8. The Morgan fingerprint density at radius 2 is 0.754 bits per heavy atom. The van der Waals surface area contributed by atoms with Gasteiger partial charge in [-0.15, -0.1) is 0 Å². The van der Waals surface area contributed by atoms with Gasteiger partial charge in [0.2, 0.25) is 0 Å². The Morgan fingerprint density at radius 3 is 1.19 bits per heavy atom. The normalized spacial score (nSPS) is 23.5. The molecule has 1 aliphatic rings. The van der Waals surface area contributed by atoms with Crippen molar-refractivity contribution in [2.75, 3.05) is 19.8 Å². The Kier molecular flexibility index (Phi) is 16.3. The number of unbranched alkanes of at least 4 members (excludes halogenated alkanes) is 6. The van der Waals surface area contributed by atoms with Gasteiger partial charge in [0, 0.05) is 12.8 Å². The minimum Gasteiger partial charge on any atom is -0.455 e. The van der Waals surface area contributed by atoms with Gasteiger partial charge in [0.15, 0.2) is 0 Å². The van der Waals surface area contributed by atoms with E-state index in [4.69, 9.17) is 37.9 Å². The van der Waals surface area contributed by atoms with Gasteiger partial charge in [0.25, 0.3) is 11.6 Å². The maximum Gasteiger partial charge on any atom is 0.352 e. The molecule has 5 rings (SSSR count). The molecule has 57 heavy (non-hydrogen) atoms. The highest BCUT2D eigenvalue weighted by Crippen LogP contribution is 2.59. The van der Waals surface area contributed by atoms with Gasteiger partial charge in [0.05, 0.1) is 25.4 Å². The summed E-state index contributed by atoms with van der Waals surface area (Å²) in [6.45, 7) is 13.5. The molecule has 0 bridgehead atoms. The highest BCUT2D eigenvalue weighted by molar-refractivity contribution is 5.32. The molecule has 1 saturated carbocycles. The molecule has 0 saturated heterocycles. The Labute approximate surface area is 342 Å². The lowest BCUT2D eigenvalue weighted by Gasteiger charge is -2.63. The number of benzene rings is 4. The monoisotopic (exact) mass is 782 g/mol. The van der Waals surface area contributed by atoms with E-state index in [2.05, 4.69) is 20.8 Å². The molecule has 0 aromatic heterocycles. The molecular weight excluding hydrogens is 717 g/mol. The number of hydrogen-bond acceptors (Lipinski definition) is 8. The quantitative estimate of drug-likeness (QED) is 0.0514. The first-order valence-electron chi connectivity index (χ1n) is 21.2. The maximum absolute atomic E-state index is 7.59. The van der Waals surface area contributed by atoms with Crippen LogP contribution < -0.4 is 18.9 Å². The van der Waals surface area contributed by atoms with E-state index in [9.17, 15) is 0 Å². The molecule has 1 fully saturated rings. The molecular formula is C49H66O8. The Morgan fingerprint density at radius 1 is 0.404 bits per heavy atom. The van der Waals surface area contributed by atoms with Crippen LogP contribution in [-0.4, -0.2) is 48.6 Å². The lowest BCUT2D eigenvalue weighted by Crippen LogP contribution is -2.88. The Hall–Kier alpha value is -4.08. The smallest absolute Gasteiger partial charge is 0.352 e. The molecule has 0 radical (unpaired) electrons. The second-order valence-corrected chi connectivity index (χ2v) is 15.8. The summed E-state index contributed by atoms with van der Waals surface area (Å²) in [5.41, 5.74) is -0.900. The molecule has 0 spiro atoms. The summed E-state index contributed by atoms with van der Waals surface area (Å²) in [6, 6.07) is 38.7. The Balaban J connectivity index is 1.93. The zero-order valence-corrected chi connectivity index (χ0v) is 35.2. The third kappa shape index (κ3) is 10.9. The van der Waals surface area contributed by atoms with E-state index < -0.39 is 28.7 Å². The van der Waals surface area contributed by atoms with Crippen molar-refractivity contribution in [3.05, 3.63) is 121 Å². The number of hydrogen-bond donors (Lipinski definition) is 0. The fourth-order valence-electron chi connectivity index (χ4n) is 7.29. The van der Waals surface area contributed by atoms with E-state index in [-0.39, 0.29) is 19.4 Å². The van der Waals surface area contributed by atoms with Gasteiger partial charge in [0.1, 0.15) is 23.0 Å². The van der Waals surface area contributed by atoms with Crippen molar-refractivity contribution in [3.8, 4) is 23.0 Å². The third-order valence-corrected chi connectivity index (χ3v) is 9.95. The molecule has 0 N–H and O–H groups in total. The average Bonchev–Trinajstić information content (AvgIpc) is 3.21. The summed E-state index contributed by atoms with van der Waals surface area (Å²) < 4.78 is 59.3. The molecule has 0 aliphatic heterocycles. The zero-order chi connectivity index (χ0) is 40.5. The van der Waals surface area contributed by atoms with E-state index in [1.54, 1.807) is 0 Å². The SMILES string of the molecule is CCCCCCOC1(Oc2ccccc2)CCC(OCCCC)(Oc2ccccc2)C(Oc2ccccc2)(OC(C)(C)C)C1(OCCCCC)Oc1ccccc1. The molecule has 8 heteroatoms. The summed E-state index contributed by atoms with van der Waals surface area (Å²) >= 11 is 0. The summed E-state index contributed by atoms with van der Waals surface area (Å²) in [5, 5.41) is 0. The molecule has 310 valence electrons. The predicted molar refractivity (Wildman–Crippen MR) is 226 cm³/mol. The first-order valence-corrected chi connectivity index (χ1v) is 21.2. The van der Waals surface area contributed by atoms with Gasteiger partial charge in [-0.05, 0) is 88.6 Å². The Bertz CT molecular complexity index is 1680. The van der Waals surface area contributed by atoms with Crippen molar-refractivity contribution in [1.29, 1.82) is 0 Å². The highest BCUT2D eigenvalue weighted by atomic mass is 16.9. The topological polar surface area (TPSA) is 73.8 Å². The van der Waals surface area contributed by atoms with Crippen LogP contribution in [0.25, 0.3) is 0 Å². The van der Waals surface area contributed by atoms with Crippen LogP contribution in [-0.2, 0) is 18.9 Å². The molecule has 4 aromatic rings. The van der Waals surface area contributed by atoms with Gasteiger partial charge >= 0.3 is 11.6 Å². The van der Waals surface area contributed by atoms with Crippen molar-refractivity contribution in [1.82, 2.24) is 0 Å². The molecule has 0 amide bonds. The third-order valence-electron chi connectivity index (χ3n) is 9.95. The van der Waals surface area contributed by atoms with Crippen LogP contribution in [0.15, 0.2) is 121 Å². The van der Waals surface area contributed by atoms with Crippen LogP contribution in [0.3, 0.4) is 0 Å². The highest BCUT2D eigenvalue weighted by Gasteiger charge is 2.86. The molecule has 0 heterocycles. The summed E-state index contributed by atoms with van der Waals surface area (Å²) in [6.07, 6.45) is 8.72. The van der Waals surface area contributed by atoms with Gasteiger partial charge in [-0.25, -0.2) is 0 Å². The molecule has 1 aliphatic carbocycles. The number of rotatable bonds is 24. The summed E-state index contributed by atoms with van der Waals surface area (Å²) in [7, 11) is 0. The summed E-state index contributed by atoms with van der Waals surface area (Å²) in [5.74, 6) is -5.35. The second kappa shape index (κ2) is 21.1. The first kappa shape index (κ1) is 44.0. The van der Waals surface area contributed by atoms with Crippen LogP contribution >= 0.6 is 0 Å². The number of para-hydroxylation sites is 4. The minimum absolute atomic E-state index is 0.217. The van der Waals surface area contributed by atoms with E-state index in [1.165, 1.54) is 0 Å². The van der Waals surface area contributed by atoms with Crippen molar-refractivity contribution in [2.45, 2.75) is 141 Å². The van der Waals surface area contributed by atoms with Crippen molar-refractivity contribution >= 4 is 0 Å². The standard InChI is InChI=1S/C49H66O8/c1-7-10-13-27-39-51-46(53-41-28-18-14-19-29-41)36-37-47(50-38-12-9-3,54-42-30-20-15-21-31-42)49(57-45(4,5)6,56-44-34-24-17-25-35-44)48(46,52-40-26-11-8-2)55-43-32-22-16-23-33-43/h14-25,28-35H,7-13,26-27,36-40H2,1-6H3. The van der Waals surface area contributed by atoms with Crippen LogP contribution in [0, 0.1) is 0 Å². The second-order valence-electron chi connectivity index (χ2n) is 15.8. The average molecular weight is 783 g/mol. The first-order chi connectivity index (χ1) is 27.7. The predicted octanol–water partition coefficient (Wildman–Crippen LogP) is 12.3. The van der Waals surface area contributed by atoms with Gasteiger partial charge in [-0.2, -0.15) is 0 Å². The van der Waals surface area contributed by atoms with Crippen LogP contribution in [0.2, 0.25) is 0 Å². The zero-order valence-electron chi connectivity index (χ0n) is 35.2.